The maximum absolute atomic E-state index is 13.8. The number of methoxy groups -OCH3 is 2. The van der Waals surface area contributed by atoms with Crippen molar-refractivity contribution in [2.45, 2.75) is 11.4 Å². The molecule has 0 aliphatic carbocycles. The van der Waals surface area contributed by atoms with Gasteiger partial charge in [0.1, 0.15) is 16.4 Å². The third-order valence-corrected chi connectivity index (χ3v) is 7.09. The second kappa shape index (κ2) is 8.52. The molecule has 11 heteroatoms. The van der Waals surface area contributed by atoms with Crippen LogP contribution < -0.4 is 13.8 Å². The normalized spacial score (nSPS) is 11.3. The Morgan fingerprint density at radius 1 is 1.14 bits per heavy atom. The van der Waals surface area contributed by atoms with Crippen molar-refractivity contribution in [2.24, 2.45) is 0 Å². The lowest BCUT2D eigenvalue weighted by Gasteiger charge is -2.23. The molecule has 0 N–H and O–H groups in total. The van der Waals surface area contributed by atoms with Crippen molar-refractivity contribution >= 4 is 38.1 Å². The lowest BCUT2D eigenvalue weighted by atomic mass is 10.2. The van der Waals surface area contributed by atoms with Crippen LogP contribution >= 0.6 is 22.9 Å². The summed E-state index contributed by atoms with van der Waals surface area (Å²) in [4.78, 5) is 3.48. The Labute approximate surface area is 175 Å². The smallest absolute Gasteiger partial charge is 0.268 e. The summed E-state index contributed by atoms with van der Waals surface area (Å²) in [7, 11) is -1.45. The van der Waals surface area contributed by atoms with E-state index in [0.29, 0.717) is 29.2 Å². The molecular formula is C18H15ClF2N2O4S2. The van der Waals surface area contributed by atoms with E-state index in [9.17, 15) is 17.2 Å². The van der Waals surface area contributed by atoms with E-state index in [2.05, 4.69) is 4.98 Å². The number of anilines is 1. The molecule has 2 aromatic carbocycles. The topological polar surface area (TPSA) is 68.7 Å². The quantitative estimate of drug-likeness (QED) is 0.486. The fourth-order valence-electron chi connectivity index (χ4n) is 2.55. The van der Waals surface area contributed by atoms with Crippen LogP contribution in [0.5, 0.6) is 11.5 Å². The molecule has 1 aromatic heterocycles. The summed E-state index contributed by atoms with van der Waals surface area (Å²) in [6.45, 7) is -0.182. The maximum atomic E-state index is 13.8. The van der Waals surface area contributed by atoms with Crippen LogP contribution in [0, 0.1) is 11.6 Å². The number of nitrogens with zero attached hydrogens (tertiary/aromatic N) is 2. The van der Waals surface area contributed by atoms with E-state index in [-0.39, 0.29) is 11.7 Å². The lowest BCUT2D eigenvalue weighted by molar-refractivity contribution is 0.391. The first-order chi connectivity index (χ1) is 13.8. The van der Waals surface area contributed by atoms with Crippen molar-refractivity contribution in [3.8, 4) is 11.5 Å². The summed E-state index contributed by atoms with van der Waals surface area (Å²) in [6, 6.07) is 6.07. The highest BCUT2D eigenvalue weighted by molar-refractivity contribution is 7.93. The van der Waals surface area contributed by atoms with Gasteiger partial charge in [0.15, 0.2) is 16.8 Å². The summed E-state index contributed by atoms with van der Waals surface area (Å²) < 4.78 is 65.2. The molecule has 0 atom stereocenters. The van der Waals surface area contributed by atoms with Crippen LogP contribution in [0.4, 0.5) is 13.9 Å². The van der Waals surface area contributed by atoms with Gasteiger partial charge in [-0.15, -0.1) is 11.3 Å². The van der Waals surface area contributed by atoms with Crippen molar-refractivity contribution in [2.75, 3.05) is 18.5 Å². The summed E-state index contributed by atoms with van der Waals surface area (Å²) in [5.41, 5.74) is 0.505. The van der Waals surface area contributed by atoms with Gasteiger partial charge in [0.2, 0.25) is 0 Å². The van der Waals surface area contributed by atoms with Gasteiger partial charge in [-0.1, -0.05) is 11.6 Å². The first-order valence-electron chi connectivity index (χ1n) is 8.05. The minimum atomic E-state index is -4.38. The highest BCUT2D eigenvalue weighted by Gasteiger charge is 2.31. The minimum absolute atomic E-state index is 0.128. The van der Waals surface area contributed by atoms with Gasteiger partial charge in [-0.2, -0.15) is 0 Å². The van der Waals surface area contributed by atoms with Crippen LogP contribution in [0.1, 0.15) is 5.56 Å². The molecule has 3 aromatic rings. The van der Waals surface area contributed by atoms with Gasteiger partial charge in [0, 0.05) is 23.2 Å². The van der Waals surface area contributed by atoms with E-state index in [0.717, 1.165) is 15.6 Å². The molecule has 0 amide bonds. The first-order valence-corrected chi connectivity index (χ1v) is 10.8. The number of thiazole rings is 1. The van der Waals surface area contributed by atoms with Crippen molar-refractivity contribution in [1.82, 2.24) is 4.98 Å². The summed E-state index contributed by atoms with van der Waals surface area (Å²) >= 11 is 6.99. The Morgan fingerprint density at radius 3 is 2.48 bits per heavy atom. The predicted octanol–water partition coefficient (Wildman–Crippen LogP) is 4.49. The van der Waals surface area contributed by atoms with Gasteiger partial charge in [-0.05, 0) is 24.3 Å². The zero-order valence-electron chi connectivity index (χ0n) is 15.2. The van der Waals surface area contributed by atoms with Gasteiger partial charge in [-0.3, -0.25) is 0 Å². The van der Waals surface area contributed by atoms with Crippen molar-refractivity contribution in [3.05, 3.63) is 64.1 Å². The Balaban J connectivity index is 2.11. The largest absolute Gasteiger partial charge is 0.497 e. The zero-order valence-corrected chi connectivity index (χ0v) is 17.6. The van der Waals surface area contributed by atoms with E-state index in [1.54, 1.807) is 23.6 Å². The standard InChI is InChI=1S/C18H15ClF2N2O4S2/c1-26-12-4-3-11(16(7-12)27-2)10-23(18-22-5-6-28-18)29(24,25)17-9-15(21)14(20)8-13(17)19/h3-9H,10H2,1-2H3. The third-order valence-electron chi connectivity index (χ3n) is 3.98. The Kier molecular flexibility index (Phi) is 6.25. The molecule has 0 spiro atoms. The van der Waals surface area contributed by atoms with Gasteiger partial charge in [0.25, 0.3) is 10.0 Å². The number of benzene rings is 2. The number of aromatic nitrogens is 1. The Hall–Kier alpha value is -2.43. The molecule has 0 aliphatic heterocycles. The number of halogens is 3. The molecule has 1 heterocycles. The molecule has 0 aliphatic rings. The average molecular weight is 461 g/mol. The van der Waals surface area contributed by atoms with Gasteiger partial charge in [-0.25, -0.2) is 26.5 Å². The second-order valence-corrected chi connectivity index (χ2v) is 8.81. The monoisotopic (exact) mass is 460 g/mol. The van der Waals surface area contributed by atoms with Crippen molar-refractivity contribution < 1.29 is 26.7 Å². The van der Waals surface area contributed by atoms with E-state index < -0.39 is 31.6 Å². The van der Waals surface area contributed by atoms with Gasteiger partial charge in [0.05, 0.1) is 25.8 Å². The van der Waals surface area contributed by atoms with Crippen LogP contribution in [0.2, 0.25) is 5.02 Å². The van der Waals surface area contributed by atoms with E-state index in [4.69, 9.17) is 21.1 Å². The highest BCUT2D eigenvalue weighted by Crippen LogP contribution is 2.34. The molecule has 0 radical (unpaired) electrons. The summed E-state index contributed by atoms with van der Waals surface area (Å²) in [5, 5.41) is 1.28. The number of sulfonamides is 1. The minimum Gasteiger partial charge on any atom is -0.497 e. The van der Waals surface area contributed by atoms with Crippen LogP contribution in [-0.4, -0.2) is 27.6 Å². The zero-order chi connectivity index (χ0) is 21.2. The Morgan fingerprint density at radius 2 is 1.86 bits per heavy atom. The van der Waals surface area contributed by atoms with E-state index >= 15 is 0 Å². The lowest BCUT2D eigenvalue weighted by Crippen LogP contribution is -2.31. The van der Waals surface area contributed by atoms with E-state index in [1.807, 2.05) is 0 Å². The third kappa shape index (κ3) is 4.29. The number of hydrogen-bond donors (Lipinski definition) is 0. The molecule has 0 saturated carbocycles. The van der Waals surface area contributed by atoms with Crippen molar-refractivity contribution in [1.29, 1.82) is 0 Å². The summed E-state index contributed by atoms with van der Waals surface area (Å²) in [5.74, 6) is -1.66. The average Bonchev–Trinajstić information content (AvgIpc) is 3.22. The van der Waals surface area contributed by atoms with Crippen LogP contribution in [-0.2, 0) is 16.6 Å². The van der Waals surface area contributed by atoms with Crippen LogP contribution in [0.25, 0.3) is 0 Å². The molecular weight excluding hydrogens is 446 g/mol. The SMILES string of the molecule is COc1ccc(CN(c2nccs2)S(=O)(=O)c2cc(F)c(F)cc2Cl)c(OC)c1. The molecule has 6 nitrogen and oxygen atoms in total. The van der Waals surface area contributed by atoms with Gasteiger partial charge < -0.3 is 9.47 Å². The fourth-order valence-corrected chi connectivity index (χ4v) is 5.32. The molecule has 29 heavy (non-hydrogen) atoms. The first kappa shape index (κ1) is 21.3. The van der Waals surface area contributed by atoms with Crippen molar-refractivity contribution in [3.63, 3.8) is 0 Å². The number of rotatable bonds is 7. The second-order valence-electron chi connectivity index (χ2n) is 5.70. The van der Waals surface area contributed by atoms with Gasteiger partial charge >= 0.3 is 0 Å². The summed E-state index contributed by atoms with van der Waals surface area (Å²) in [6.07, 6.45) is 1.43. The molecule has 154 valence electrons. The molecule has 0 fully saturated rings. The Bertz CT molecular complexity index is 1130. The predicted molar refractivity (Wildman–Crippen MR) is 106 cm³/mol. The van der Waals surface area contributed by atoms with Crippen LogP contribution in [0.3, 0.4) is 0 Å². The maximum Gasteiger partial charge on any atom is 0.268 e. The van der Waals surface area contributed by atoms with Crippen LogP contribution in [0.15, 0.2) is 46.8 Å². The van der Waals surface area contributed by atoms with E-state index in [1.165, 1.54) is 20.4 Å². The molecule has 3 rings (SSSR count). The number of hydrogen-bond acceptors (Lipinski definition) is 6. The number of ether oxygens (including phenoxy) is 2. The molecule has 0 unspecified atom stereocenters. The molecule has 0 bridgehead atoms. The highest BCUT2D eigenvalue weighted by atomic mass is 35.5. The molecule has 0 saturated heterocycles. The fraction of sp³-hybridized carbons (Fsp3) is 0.167.